The van der Waals surface area contributed by atoms with Crippen LogP contribution in [0.25, 0.3) is 0 Å². The summed E-state index contributed by atoms with van der Waals surface area (Å²) >= 11 is 9.49. The van der Waals surface area contributed by atoms with E-state index in [-0.39, 0.29) is 6.61 Å². The van der Waals surface area contributed by atoms with Crippen LogP contribution in [0.3, 0.4) is 0 Å². The van der Waals surface area contributed by atoms with Crippen molar-refractivity contribution in [3.8, 4) is 6.07 Å². The predicted molar refractivity (Wildman–Crippen MR) is 84.2 cm³/mol. The van der Waals surface area contributed by atoms with Crippen LogP contribution in [0, 0.1) is 11.3 Å². The van der Waals surface area contributed by atoms with Gasteiger partial charge < -0.3 is 15.3 Å². The maximum Gasteiger partial charge on any atom is 0.101 e. The Bertz CT molecular complexity index is 510. The largest absolute Gasteiger partial charge is 0.395 e. The molecule has 1 fully saturated rings. The minimum atomic E-state index is 0.168. The van der Waals surface area contributed by atoms with E-state index in [1.807, 2.05) is 6.07 Å². The molecule has 1 aromatic rings. The molecule has 0 radical (unpaired) electrons. The fraction of sp³-hybridized carbons (Fsp3) is 0.500. The van der Waals surface area contributed by atoms with Gasteiger partial charge in [-0.2, -0.15) is 5.26 Å². The number of nitriles is 1. The van der Waals surface area contributed by atoms with E-state index in [0.29, 0.717) is 23.2 Å². The lowest BCUT2D eigenvalue weighted by atomic mass is 10.0. The van der Waals surface area contributed by atoms with Crippen LogP contribution >= 0.6 is 27.5 Å². The normalized spacial score (nSPS) is 16.2. The summed E-state index contributed by atoms with van der Waals surface area (Å²) in [5, 5.41) is 22.0. The number of nitrogens with zero attached hydrogens (tertiary/aromatic N) is 2. The number of aliphatic hydroxyl groups is 1. The van der Waals surface area contributed by atoms with Gasteiger partial charge >= 0.3 is 0 Å². The number of hydrogen-bond donors (Lipinski definition) is 2. The van der Waals surface area contributed by atoms with E-state index in [1.165, 1.54) is 0 Å². The van der Waals surface area contributed by atoms with Crippen molar-refractivity contribution >= 4 is 33.2 Å². The molecule has 1 heterocycles. The zero-order valence-electron chi connectivity index (χ0n) is 11.1. The van der Waals surface area contributed by atoms with Gasteiger partial charge in [-0.05, 0) is 40.9 Å². The van der Waals surface area contributed by atoms with Crippen LogP contribution in [0.1, 0.15) is 18.4 Å². The van der Waals surface area contributed by atoms with E-state index < -0.39 is 0 Å². The molecular weight excluding hydrogens is 342 g/mol. The Balaban J connectivity index is 2.09. The number of nitrogens with one attached hydrogen (secondary N) is 1. The van der Waals surface area contributed by atoms with Gasteiger partial charge in [-0.15, -0.1) is 0 Å². The van der Waals surface area contributed by atoms with Gasteiger partial charge in [0, 0.05) is 35.2 Å². The number of hydrogen-bond acceptors (Lipinski definition) is 4. The molecule has 0 saturated carbocycles. The van der Waals surface area contributed by atoms with Gasteiger partial charge in [0.15, 0.2) is 0 Å². The molecule has 0 bridgehead atoms. The molecule has 0 aromatic heterocycles. The number of aliphatic hydroxyl groups excluding tert-OH is 1. The van der Waals surface area contributed by atoms with Gasteiger partial charge in [0.25, 0.3) is 0 Å². The molecule has 20 heavy (non-hydrogen) atoms. The van der Waals surface area contributed by atoms with Crippen molar-refractivity contribution in [1.82, 2.24) is 5.32 Å². The van der Waals surface area contributed by atoms with Crippen molar-refractivity contribution in [2.75, 3.05) is 31.1 Å². The maximum atomic E-state index is 9.27. The first-order chi connectivity index (χ1) is 9.65. The zero-order valence-corrected chi connectivity index (χ0v) is 13.4. The fourth-order valence-corrected chi connectivity index (χ4v) is 3.61. The molecule has 0 aliphatic carbocycles. The van der Waals surface area contributed by atoms with Crippen molar-refractivity contribution in [2.45, 2.75) is 18.9 Å². The molecule has 2 N–H and O–H groups in total. The van der Waals surface area contributed by atoms with Crippen LogP contribution in [0.4, 0.5) is 5.69 Å². The lowest BCUT2D eigenvalue weighted by Crippen LogP contribution is -2.43. The molecule has 0 spiro atoms. The zero-order chi connectivity index (χ0) is 14.5. The smallest absolute Gasteiger partial charge is 0.101 e. The Hall–Kier alpha value is -0.800. The third kappa shape index (κ3) is 3.64. The monoisotopic (exact) mass is 357 g/mol. The summed E-state index contributed by atoms with van der Waals surface area (Å²) in [6.07, 6.45) is 2.00. The summed E-state index contributed by atoms with van der Waals surface area (Å²) in [6, 6.07) is 6.19. The van der Waals surface area contributed by atoms with Crippen molar-refractivity contribution in [1.29, 1.82) is 5.26 Å². The van der Waals surface area contributed by atoms with Crippen LogP contribution in [-0.4, -0.2) is 37.4 Å². The minimum Gasteiger partial charge on any atom is -0.395 e. The quantitative estimate of drug-likeness (QED) is 0.868. The number of piperidine rings is 1. The summed E-state index contributed by atoms with van der Waals surface area (Å²) in [5.41, 5.74) is 1.53. The molecule has 0 atom stereocenters. The van der Waals surface area contributed by atoms with E-state index >= 15 is 0 Å². The Labute approximate surface area is 132 Å². The summed E-state index contributed by atoms with van der Waals surface area (Å²) < 4.78 is 0.864. The summed E-state index contributed by atoms with van der Waals surface area (Å²) in [4.78, 5) is 2.22. The first kappa shape index (κ1) is 15.6. The molecular formula is C14H17BrClN3O. The summed E-state index contributed by atoms with van der Waals surface area (Å²) in [5.74, 6) is 0. The van der Waals surface area contributed by atoms with Crippen molar-refractivity contribution in [3.05, 3.63) is 27.2 Å². The third-order valence-corrected chi connectivity index (χ3v) is 4.33. The standard InChI is InChI=1S/C14H17BrClN3O/c15-13-8-11(16)7-10(9-17)14(13)19-4-1-12(2-5-19)18-3-6-20/h7-8,12,18,20H,1-6H2. The highest BCUT2D eigenvalue weighted by atomic mass is 79.9. The number of anilines is 1. The van der Waals surface area contributed by atoms with Gasteiger partial charge in [0.1, 0.15) is 6.07 Å². The van der Waals surface area contributed by atoms with Gasteiger partial charge in [-0.1, -0.05) is 11.6 Å². The number of benzene rings is 1. The first-order valence-electron chi connectivity index (χ1n) is 6.64. The lowest BCUT2D eigenvalue weighted by molar-refractivity contribution is 0.277. The predicted octanol–water partition coefficient (Wildman–Crippen LogP) is 2.52. The average molecular weight is 359 g/mol. The van der Waals surface area contributed by atoms with E-state index in [9.17, 15) is 5.26 Å². The topological polar surface area (TPSA) is 59.3 Å². The Morgan fingerprint density at radius 1 is 1.45 bits per heavy atom. The minimum absolute atomic E-state index is 0.168. The van der Waals surface area contributed by atoms with Crippen LogP contribution in [0.15, 0.2) is 16.6 Å². The van der Waals surface area contributed by atoms with Gasteiger partial charge in [0.2, 0.25) is 0 Å². The number of halogens is 2. The SMILES string of the molecule is N#Cc1cc(Cl)cc(Br)c1N1CCC(NCCO)CC1. The summed E-state index contributed by atoms with van der Waals surface area (Å²) in [7, 11) is 0. The molecule has 0 unspecified atom stereocenters. The molecule has 6 heteroatoms. The van der Waals surface area contributed by atoms with Gasteiger partial charge in [0.05, 0.1) is 17.9 Å². The van der Waals surface area contributed by atoms with E-state index in [2.05, 4.69) is 32.2 Å². The third-order valence-electron chi connectivity index (χ3n) is 3.50. The number of rotatable bonds is 4. The molecule has 4 nitrogen and oxygen atoms in total. The molecule has 0 amide bonds. The van der Waals surface area contributed by atoms with Crippen molar-refractivity contribution in [3.63, 3.8) is 0 Å². The fourth-order valence-electron chi connectivity index (χ4n) is 2.55. The van der Waals surface area contributed by atoms with E-state index in [1.54, 1.807) is 6.07 Å². The first-order valence-corrected chi connectivity index (χ1v) is 7.81. The van der Waals surface area contributed by atoms with Crippen LogP contribution < -0.4 is 10.2 Å². The highest BCUT2D eigenvalue weighted by Gasteiger charge is 2.22. The molecule has 1 aliphatic rings. The van der Waals surface area contributed by atoms with Crippen LogP contribution in [0.2, 0.25) is 5.02 Å². The van der Waals surface area contributed by atoms with Crippen LogP contribution in [0.5, 0.6) is 0 Å². The Morgan fingerprint density at radius 2 is 2.15 bits per heavy atom. The Morgan fingerprint density at radius 3 is 2.75 bits per heavy atom. The average Bonchev–Trinajstić information content (AvgIpc) is 2.45. The highest BCUT2D eigenvalue weighted by Crippen LogP contribution is 2.34. The van der Waals surface area contributed by atoms with E-state index in [4.69, 9.17) is 16.7 Å². The second-order valence-electron chi connectivity index (χ2n) is 4.83. The second-order valence-corrected chi connectivity index (χ2v) is 6.13. The molecule has 1 saturated heterocycles. The summed E-state index contributed by atoms with van der Waals surface area (Å²) in [6.45, 7) is 2.58. The molecule has 2 rings (SSSR count). The lowest BCUT2D eigenvalue weighted by Gasteiger charge is -2.35. The van der Waals surface area contributed by atoms with Crippen molar-refractivity contribution < 1.29 is 5.11 Å². The van der Waals surface area contributed by atoms with Crippen molar-refractivity contribution in [2.24, 2.45) is 0 Å². The molecule has 108 valence electrons. The van der Waals surface area contributed by atoms with Gasteiger partial charge in [-0.25, -0.2) is 0 Å². The highest BCUT2D eigenvalue weighted by molar-refractivity contribution is 9.10. The van der Waals surface area contributed by atoms with Gasteiger partial charge in [-0.3, -0.25) is 0 Å². The molecule has 1 aliphatic heterocycles. The molecule has 1 aromatic carbocycles. The van der Waals surface area contributed by atoms with Crippen LogP contribution in [-0.2, 0) is 0 Å². The Kier molecular flexibility index (Phi) is 5.67. The van der Waals surface area contributed by atoms with E-state index in [0.717, 1.165) is 36.1 Å². The second kappa shape index (κ2) is 7.28. The maximum absolute atomic E-state index is 9.27.